The molecule has 1 amide bonds. The minimum Gasteiger partial charge on any atom is -0.378 e. The van der Waals surface area contributed by atoms with Crippen molar-refractivity contribution < 1.29 is 27.1 Å². The predicted octanol–water partition coefficient (Wildman–Crippen LogP) is 3.35. The molecule has 1 unspecified atom stereocenters. The summed E-state index contributed by atoms with van der Waals surface area (Å²) in [6.45, 7) is 6.32. The van der Waals surface area contributed by atoms with Crippen molar-refractivity contribution in [1.82, 2.24) is 20.0 Å². The molecular formula is C23H26F4N4O2. The molecule has 10 heteroatoms. The molecule has 0 saturated carbocycles. The number of fused-ring (bicyclic) bond motifs is 1. The summed E-state index contributed by atoms with van der Waals surface area (Å²) >= 11 is 0. The minimum absolute atomic E-state index is 0.0762. The van der Waals surface area contributed by atoms with E-state index >= 15 is 0 Å². The van der Waals surface area contributed by atoms with Gasteiger partial charge in [0.25, 0.3) is 5.91 Å². The van der Waals surface area contributed by atoms with Crippen LogP contribution in [-0.2, 0) is 36.8 Å². The number of nitrogens with zero attached hydrogens (tertiary/aromatic N) is 3. The molecule has 1 aliphatic heterocycles. The van der Waals surface area contributed by atoms with Gasteiger partial charge in [-0.25, -0.2) is 4.39 Å². The van der Waals surface area contributed by atoms with Gasteiger partial charge in [-0.1, -0.05) is 6.08 Å². The topological polar surface area (TPSA) is 59.4 Å². The summed E-state index contributed by atoms with van der Waals surface area (Å²) in [4.78, 5) is 14.9. The molecule has 2 aromatic rings. The quantitative estimate of drug-likeness (QED) is 0.524. The van der Waals surface area contributed by atoms with E-state index in [0.717, 1.165) is 29.8 Å². The van der Waals surface area contributed by atoms with E-state index in [4.69, 9.17) is 4.74 Å². The molecule has 0 bridgehead atoms. The van der Waals surface area contributed by atoms with Gasteiger partial charge >= 0.3 is 6.18 Å². The van der Waals surface area contributed by atoms with Crippen molar-refractivity contribution >= 4 is 5.91 Å². The first-order valence-corrected chi connectivity index (χ1v) is 10.9. The summed E-state index contributed by atoms with van der Waals surface area (Å²) in [5.41, 5.74) is 1.46. The second-order valence-corrected chi connectivity index (χ2v) is 8.32. The van der Waals surface area contributed by atoms with Crippen molar-refractivity contribution in [3.63, 3.8) is 0 Å². The van der Waals surface area contributed by atoms with Gasteiger partial charge in [0, 0.05) is 36.9 Å². The van der Waals surface area contributed by atoms with Crippen LogP contribution in [0.25, 0.3) is 0 Å². The van der Waals surface area contributed by atoms with E-state index < -0.39 is 17.6 Å². The van der Waals surface area contributed by atoms with Crippen molar-refractivity contribution in [1.29, 1.82) is 0 Å². The van der Waals surface area contributed by atoms with Crippen LogP contribution in [-0.4, -0.2) is 52.9 Å². The molecule has 1 N–H and O–H groups in total. The van der Waals surface area contributed by atoms with Gasteiger partial charge in [-0.3, -0.25) is 9.48 Å². The summed E-state index contributed by atoms with van der Waals surface area (Å²) in [6, 6.07) is 2.48. The number of aromatic nitrogens is 2. The van der Waals surface area contributed by atoms with E-state index in [1.807, 2.05) is 0 Å². The third-order valence-electron chi connectivity index (χ3n) is 6.03. The lowest BCUT2D eigenvalue weighted by molar-refractivity contribution is -0.137. The number of benzene rings is 1. The number of hydrogen-bond donors (Lipinski definition) is 1. The van der Waals surface area contributed by atoms with Gasteiger partial charge < -0.3 is 15.0 Å². The van der Waals surface area contributed by atoms with Crippen LogP contribution in [0.3, 0.4) is 0 Å². The number of rotatable bonds is 6. The Labute approximate surface area is 189 Å². The average Bonchev–Trinajstić information content (AvgIpc) is 3.15. The third kappa shape index (κ3) is 5.27. The van der Waals surface area contributed by atoms with E-state index in [2.05, 4.69) is 17.0 Å². The lowest BCUT2D eigenvalue weighted by atomic mass is 9.90. The molecule has 33 heavy (non-hydrogen) atoms. The van der Waals surface area contributed by atoms with Crippen molar-refractivity contribution in [3.05, 3.63) is 64.7 Å². The van der Waals surface area contributed by atoms with Crippen LogP contribution in [0.4, 0.5) is 17.6 Å². The number of hydrogen-bond acceptors (Lipinski definition) is 4. The van der Waals surface area contributed by atoms with Gasteiger partial charge in [-0.2, -0.15) is 18.3 Å². The van der Waals surface area contributed by atoms with Crippen LogP contribution >= 0.6 is 0 Å². The molecule has 1 saturated heterocycles. The fourth-order valence-electron chi connectivity index (χ4n) is 4.40. The second kappa shape index (κ2) is 9.64. The van der Waals surface area contributed by atoms with Crippen LogP contribution < -0.4 is 5.32 Å². The number of amides is 1. The van der Waals surface area contributed by atoms with Crippen LogP contribution in [0.5, 0.6) is 0 Å². The molecule has 1 atom stereocenters. The second-order valence-electron chi connectivity index (χ2n) is 8.32. The number of ether oxygens (including phenoxy) is 1. The standard InChI is InChI=1S/C23H26F4N4O2/c1-2-5-31-20-4-3-18(28-14-15-10-16(23(25,26)27)12-17(24)11-15)13-19(20)21(29-31)22(32)30-6-8-33-9-7-30/h2,10-12,18,28H,1,3-9,13-14H2. The molecule has 1 aliphatic carbocycles. The van der Waals surface area contributed by atoms with Gasteiger partial charge in [0.1, 0.15) is 5.82 Å². The summed E-state index contributed by atoms with van der Waals surface area (Å²) in [5.74, 6) is -1.06. The molecule has 6 nitrogen and oxygen atoms in total. The molecule has 0 radical (unpaired) electrons. The highest BCUT2D eigenvalue weighted by Gasteiger charge is 2.33. The monoisotopic (exact) mass is 466 g/mol. The minimum atomic E-state index is -4.61. The highest BCUT2D eigenvalue weighted by atomic mass is 19.4. The van der Waals surface area contributed by atoms with Gasteiger partial charge in [0.05, 0.1) is 25.3 Å². The smallest absolute Gasteiger partial charge is 0.378 e. The zero-order valence-electron chi connectivity index (χ0n) is 18.1. The predicted molar refractivity (Wildman–Crippen MR) is 113 cm³/mol. The number of allylic oxidation sites excluding steroid dienone is 1. The Balaban J connectivity index is 1.51. The van der Waals surface area contributed by atoms with Gasteiger partial charge in [0.2, 0.25) is 0 Å². The number of carbonyl (C=O) groups is 1. The largest absolute Gasteiger partial charge is 0.416 e. The van der Waals surface area contributed by atoms with Crippen LogP contribution in [0, 0.1) is 5.82 Å². The van der Waals surface area contributed by atoms with Crippen molar-refractivity contribution in [2.45, 2.75) is 44.6 Å². The fraction of sp³-hybridized carbons (Fsp3) is 0.478. The molecule has 178 valence electrons. The maximum absolute atomic E-state index is 13.7. The Kier molecular flexibility index (Phi) is 6.85. The molecular weight excluding hydrogens is 440 g/mol. The maximum atomic E-state index is 13.7. The number of alkyl halides is 3. The van der Waals surface area contributed by atoms with E-state index in [1.54, 1.807) is 15.7 Å². The molecule has 2 aliphatic rings. The lowest BCUT2D eigenvalue weighted by Crippen LogP contribution is -2.41. The number of morpholine rings is 1. The molecule has 1 aromatic heterocycles. The molecule has 0 spiro atoms. The summed E-state index contributed by atoms with van der Waals surface area (Å²) in [7, 11) is 0. The zero-order chi connectivity index (χ0) is 23.6. The maximum Gasteiger partial charge on any atom is 0.416 e. The molecule has 2 heterocycles. The summed E-state index contributed by atoms with van der Waals surface area (Å²) in [6.07, 6.45) is -0.975. The first-order valence-electron chi connectivity index (χ1n) is 10.9. The highest BCUT2D eigenvalue weighted by Crippen LogP contribution is 2.31. The first-order chi connectivity index (χ1) is 15.8. The Morgan fingerprint density at radius 3 is 2.73 bits per heavy atom. The van der Waals surface area contributed by atoms with Crippen molar-refractivity contribution in [2.24, 2.45) is 0 Å². The zero-order valence-corrected chi connectivity index (χ0v) is 18.1. The van der Waals surface area contributed by atoms with Crippen LogP contribution in [0.15, 0.2) is 30.9 Å². The van der Waals surface area contributed by atoms with Crippen LogP contribution in [0.2, 0.25) is 0 Å². The van der Waals surface area contributed by atoms with Gasteiger partial charge in [-0.05, 0) is 43.0 Å². The fourth-order valence-corrected chi connectivity index (χ4v) is 4.40. The summed E-state index contributed by atoms with van der Waals surface area (Å²) < 4.78 is 59.8. The van der Waals surface area contributed by atoms with Crippen molar-refractivity contribution in [2.75, 3.05) is 26.3 Å². The molecule has 1 fully saturated rings. The Bertz CT molecular complexity index is 1030. The Morgan fingerprint density at radius 2 is 2.03 bits per heavy atom. The normalized spacial score (nSPS) is 18.8. The number of carbonyl (C=O) groups excluding carboxylic acids is 1. The van der Waals surface area contributed by atoms with Crippen LogP contribution in [0.1, 0.15) is 39.3 Å². The van der Waals surface area contributed by atoms with Gasteiger partial charge in [-0.15, -0.1) is 6.58 Å². The lowest BCUT2D eigenvalue weighted by Gasteiger charge is -2.28. The average molecular weight is 466 g/mol. The molecule has 1 aromatic carbocycles. The first kappa shape index (κ1) is 23.4. The highest BCUT2D eigenvalue weighted by molar-refractivity contribution is 5.94. The van der Waals surface area contributed by atoms with Gasteiger partial charge in [0.15, 0.2) is 5.69 Å². The number of nitrogens with one attached hydrogen (secondary N) is 1. The SMILES string of the molecule is C=CCn1nc(C(=O)N2CCOCC2)c2c1CCC(NCc1cc(F)cc(C(F)(F)F)c1)C2. The Hall–Kier alpha value is -2.72. The van der Waals surface area contributed by atoms with E-state index in [0.29, 0.717) is 57.4 Å². The van der Waals surface area contributed by atoms with E-state index in [-0.39, 0.29) is 24.1 Å². The number of halogens is 4. The summed E-state index contributed by atoms with van der Waals surface area (Å²) in [5, 5.41) is 7.81. The third-order valence-corrected chi connectivity index (χ3v) is 6.03. The van der Waals surface area contributed by atoms with E-state index in [9.17, 15) is 22.4 Å². The van der Waals surface area contributed by atoms with E-state index in [1.165, 1.54) is 0 Å². The molecule has 4 rings (SSSR count). The van der Waals surface area contributed by atoms with Crippen molar-refractivity contribution in [3.8, 4) is 0 Å². The Morgan fingerprint density at radius 1 is 1.27 bits per heavy atom.